The maximum absolute atomic E-state index is 10.6. The van der Waals surface area contributed by atoms with E-state index in [0.717, 1.165) is 32.4 Å². The van der Waals surface area contributed by atoms with Crippen LogP contribution in [0.15, 0.2) is 0 Å². The van der Waals surface area contributed by atoms with Crippen LogP contribution in [0.1, 0.15) is 26.2 Å². The first-order valence-corrected chi connectivity index (χ1v) is 4.38. The molecule has 0 aromatic carbocycles. The Morgan fingerprint density at radius 1 is 1.58 bits per heavy atom. The molecule has 0 aliphatic carbocycles. The summed E-state index contributed by atoms with van der Waals surface area (Å²) in [5.74, 6) is 0. The van der Waals surface area contributed by atoms with Crippen LogP contribution in [0.4, 0.5) is 4.79 Å². The van der Waals surface area contributed by atoms with E-state index in [-0.39, 0.29) is 5.60 Å². The van der Waals surface area contributed by atoms with Crippen molar-refractivity contribution in [1.82, 2.24) is 5.32 Å². The van der Waals surface area contributed by atoms with Crippen LogP contribution in [0.2, 0.25) is 0 Å². The predicted octanol–water partition coefficient (Wildman–Crippen LogP) is 0.614. The van der Waals surface area contributed by atoms with Crippen molar-refractivity contribution in [2.75, 3.05) is 13.1 Å². The number of rotatable bonds is 2. The van der Waals surface area contributed by atoms with E-state index in [0.29, 0.717) is 0 Å². The highest BCUT2D eigenvalue weighted by Crippen LogP contribution is 2.26. The van der Waals surface area contributed by atoms with Gasteiger partial charge in [-0.3, -0.25) is 0 Å². The van der Waals surface area contributed by atoms with Gasteiger partial charge in [-0.25, -0.2) is 4.79 Å². The molecule has 0 spiro atoms. The Balaban J connectivity index is 2.53. The van der Waals surface area contributed by atoms with E-state index in [2.05, 4.69) is 5.32 Å². The Morgan fingerprint density at radius 2 is 2.17 bits per heavy atom. The number of nitrogens with one attached hydrogen (secondary N) is 1. The predicted molar refractivity (Wildman–Crippen MR) is 45.8 cm³/mol. The van der Waals surface area contributed by atoms with Gasteiger partial charge < -0.3 is 15.8 Å². The summed E-state index contributed by atoms with van der Waals surface area (Å²) in [6, 6.07) is 0. The fourth-order valence-corrected chi connectivity index (χ4v) is 1.62. The molecule has 12 heavy (non-hydrogen) atoms. The maximum atomic E-state index is 10.6. The van der Waals surface area contributed by atoms with E-state index >= 15 is 0 Å². The lowest BCUT2D eigenvalue weighted by Gasteiger charge is -2.35. The molecule has 1 rings (SSSR count). The maximum Gasteiger partial charge on any atom is 0.405 e. The first-order chi connectivity index (χ1) is 5.68. The molecule has 0 aromatic rings. The lowest BCUT2D eigenvalue weighted by Crippen LogP contribution is -2.45. The molecule has 1 amide bonds. The molecule has 1 aliphatic heterocycles. The first kappa shape index (κ1) is 9.32. The molecular formula is C8H16N2O2. The summed E-state index contributed by atoms with van der Waals surface area (Å²) in [6.07, 6.45) is 1.93. The lowest BCUT2D eigenvalue weighted by atomic mass is 9.89. The smallest absolute Gasteiger partial charge is 0.405 e. The number of hydrogen-bond acceptors (Lipinski definition) is 3. The number of carbonyl (C=O) groups excluding carboxylic acids is 1. The minimum atomic E-state index is -0.654. The normalized spacial score (nSPS) is 21.8. The van der Waals surface area contributed by atoms with Gasteiger partial charge in [-0.2, -0.15) is 0 Å². The van der Waals surface area contributed by atoms with Crippen LogP contribution >= 0.6 is 0 Å². The number of primary amides is 1. The van der Waals surface area contributed by atoms with E-state index in [1.807, 2.05) is 6.92 Å². The van der Waals surface area contributed by atoms with Gasteiger partial charge in [-0.15, -0.1) is 0 Å². The van der Waals surface area contributed by atoms with Gasteiger partial charge in [0.05, 0.1) is 0 Å². The lowest BCUT2D eigenvalue weighted by molar-refractivity contribution is -0.00968. The van der Waals surface area contributed by atoms with Crippen LogP contribution < -0.4 is 11.1 Å². The van der Waals surface area contributed by atoms with Crippen molar-refractivity contribution in [2.24, 2.45) is 5.73 Å². The van der Waals surface area contributed by atoms with Crippen molar-refractivity contribution in [3.63, 3.8) is 0 Å². The van der Waals surface area contributed by atoms with Crippen LogP contribution in [0.5, 0.6) is 0 Å². The van der Waals surface area contributed by atoms with Crippen LogP contribution in [0.3, 0.4) is 0 Å². The topological polar surface area (TPSA) is 64.3 Å². The van der Waals surface area contributed by atoms with E-state index in [4.69, 9.17) is 10.5 Å². The molecular weight excluding hydrogens is 156 g/mol. The van der Waals surface area contributed by atoms with Crippen molar-refractivity contribution in [2.45, 2.75) is 31.8 Å². The van der Waals surface area contributed by atoms with Crippen LogP contribution in [0, 0.1) is 0 Å². The average Bonchev–Trinajstić information content (AvgIpc) is 2.05. The molecule has 1 fully saturated rings. The summed E-state index contributed by atoms with van der Waals surface area (Å²) in [4.78, 5) is 10.6. The molecule has 1 aliphatic rings. The third kappa shape index (κ3) is 2.11. The second-order valence-corrected chi connectivity index (χ2v) is 3.21. The molecule has 0 radical (unpaired) electrons. The average molecular weight is 172 g/mol. The van der Waals surface area contributed by atoms with Gasteiger partial charge in [0.1, 0.15) is 5.60 Å². The Labute approximate surface area is 72.5 Å². The summed E-state index contributed by atoms with van der Waals surface area (Å²) in [7, 11) is 0. The van der Waals surface area contributed by atoms with Gasteiger partial charge in [-0.1, -0.05) is 6.92 Å². The number of hydrogen-bond donors (Lipinski definition) is 2. The highest BCUT2D eigenvalue weighted by Gasteiger charge is 2.33. The quantitative estimate of drug-likeness (QED) is 0.641. The zero-order valence-electron chi connectivity index (χ0n) is 7.43. The molecule has 3 N–H and O–H groups in total. The second-order valence-electron chi connectivity index (χ2n) is 3.21. The van der Waals surface area contributed by atoms with Gasteiger partial charge in [0.25, 0.3) is 0 Å². The molecule has 4 nitrogen and oxygen atoms in total. The van der Waals surface area contributed by atoms with Crippen molar-refractivity contribution in [1.29, 1.82) is 0 Å². The second kappa shape index (κ2) is 3.76. The molecule has 0 atom stereocenters. The molecule has 1 heterocycles. The molecule has 0 aromatic heterocycles. The van der Waals surface area contributed by atoms with Crippen molar-refractivity contribution >= 4 is 6.09 Å². The Hall–Kier alpha value is -0.770. The standard InChI is InChI=1S/C8H16N2O2/c1-2-8(12-7(9)11)3-5-10-6-4-8/h10H,2-6H2,1H3,(H2,9,11). The summed E-state index contributed by atoms with van der Waals surface area (Å²) in [6.45, 7) is 3.83. The van der Waals surface area contributed by atoms with E-state index < -0.39 is 6.09 Å². The number of nitrogens with two attached hydrogens (primary N) is 1. The molecule has 1 saturated heterocycles. The highest BCUT2D eigenvalue weighted by atomic mass is 16.6. The van der Waals surface area contributed by atoms with E-state index in [1.54, 1.807) is 0 Å². The number of piperidine rings is 1. The van der Waals surface area contributed by atoms with Gasteiger partial charge in [-0.05, 0) is 32.4 Å². The number of ether oxygens (including phenoxy) is 1. The summed E-state index contributed by atoms with van der Waals surface area (Å²) >= 11 is 0. The van der Waals surface area contributed by atoms with E-state index in [1.165, 1.54) is 0 Å². The van der Waals surface area contributed by atoms with Crippen molar-refractivity contribution in [3.05, 3.63) is 0 Å². The molecule has 0 unspecified atom stereocenters. The summed E-state index contributed by atoms with van der Waals surface area (Å²) in [5.41, 5.74) is 4.71. The van der Waals surface area contributed by atoms with Crippen LogP contribution in [-0.2, 0) is 4.74 Å². The Bertz CT molecular complexity index is 164. The molecule has 0 saturated carbocycles. The Morgan fingerprint density at radius 3 is 2.58 bits per heavy atom. The van der Waals surface area contributed by atoms with Gasteiger partial charge >= 0.3 is 6.09 Å². The van der Waals surface area contributed by atoms with Gasteiger partial charge in [0.15, 0.2) is 0 Å². The SMILES string of the molecule is CCC1(OC(N)=O)CCNCC1. The minimum Gasteiger partial charge on any atom is -0.443 e. The molecule has 4 heteroatoms. The van der Waals surface area contributed by atoms with Crippen LogP contribution in [0.25, 0.3) is 0 Å². The number of carbonyl (C=O) groups is 1. The van der Waals surface area contributed by atoms with Crippen LogP contribution in [-0.4, -0.2) is 24.8 Å². The number of amides is 1. The molecule has 0 bridgehead atoms. The Kier molecular flexibility index (Phi) is 2.92. The van der Waals surface area contributed by atoms with Crippen molar-refractivity contribution in [3.8, 4) is 0 Å². The summed E-state index contributed by atoms with van der Waals surface area (Å²) in [5, 5.41) is 3.21. The van der Waals surface area contributed by atoms with E-state index in [9.17, 15) is 4.79 Å². The molecule has 70 valence electrons. The fourth-order valence-electron chi connectivity index (χ4n) is 1.62. The fraction of sp³-hybridized carbons (Fsp3) is 0.875. The summed E-state index contributed by atoms with van der Waals surface area (Å²) < 4.78 is 5.13. The largest absolute Gasteiger partial charge is 0.443 e. The zero-order valence-corrected chi connectivity index (χ0v) is 7.43. The third-order valence-electron chi connectivity index (χ3n) is 2.48. The first-order valence-electron chi connectivity index (χ1n) is 4.38. The highest BCUT2D eigenvalue weighted by molar-refractivity contribution is 5.65. The van der Waals surface area contributed by atoms with Crippen molar-refractivity contribution < 1.29 is 9.53 Å². The third-order valence-corrected chi connectivity index (χ3v) is 2.48. The van der Waals surface area contributed by atoms with Gasteiger partial charge in [0.2, 0.25) is 0 Å². The monoisotopic (exact) mass is 172 g/mol. The minimum absolute atomic E-state index is 0.295. The van der Waals surface area contributed by atoms with Gasteiger partial charge in [0, 0.05) is 0 Å². The zero-order chi connectivity index (χ0) is 9.03.